The second-order valence-electron chi connectivity index (χ2n) is 9.54. The summed E-state index contributed by atoms with van der Waals surface area (Å²) < 4.78 is 18.3. The number of allylic oxidation sites excluding steroid dienone is 1. The molecule has 0 aliphatic carbocycles. The van der Waals surface area contributed by atoms with Crippen molar-refractivity contribution in [3.05, 3.63) is 86.3 Å². The number of hydrogen-bond donors (Lipinski definition) is 3. The van der Waals surface area contributed by atoms with Crippen LogP contribution in [0.25, 0.3) is 5.69 Å². The third kappa shape index (κ3) is 7.12. The van der Waals surface area contributed by atoms with Crippen LogP contribution in [0.1, 0.15) is 42.4 Å². The third-order valence-corrected chi connectivity index (χ3v) is 7.41. The molecule has 1 aromatic heterocycles. The number of nitrogens with one attached hydrogen (secondary N) is 3. The molecule has 0 unspecified atom stereocenters. The van der Waals surface area contributed by atoms with Crippen LogP contribution in [0, 0.1) is 13.8 Å². The molecular weight excluding hydrogens is 597 g/mol. The summed E-state index contributed by atoms with van der Waals surface area (Å²) in [4.78, 5) is 37.2. The zero-order chi connectivity index (χ0) is 31.3. The van der Waals surface area contributed by atoms with E-state index in [0.29, 0.717) is 27.1 Å². The van der Waals surface area contributed by atoms with Crippen LogP contribution in [0.3, 0.4) is 0 Å². The lowest BCUT2D eigenvalue weighted by molar-refractivity contribution is -0.139. The first-order chi connectivity index (χ1) is 20.5. The maximum atomic E-state index is 12.6. The van der Waals surface area contributed by atoms with Gasteiger partial charge in [-0.1, -0.05) is 29.3 Å². The van der Waals surface area contributed by atoms with E-state index in [-0.39, 0.29) is 24.5 Å². The fourth-order valence-electron chi connectivity index (χ4n) is 4.70. The Morgan fingerprint density at radius 1 is 1.07 bits per heavy atom. The molecule has 0 fully saturated rings. The lowest BCUT2D eigenvalue weighted by Gasteiger charge is -2.28. The van der Waals surface area contributed by atoms with Gasteiger partial charge in [-0.3, -0.25) is 4.79 Å². The Balaban J connectivity index is 1.42. The second-order valence-corrected chi connectivity index (χ2v) is 10.4. The molecular formula is C30H31Cl2N5O6. The van der Waals surface area contributed by atoms with Gasteiger partial charge in [0.1, 0.15) is 0 Å². The van der Waals surface area contributed by atoms with Crippen LogP contribution in [0.2, 0.25) is 10.0 Å². The summed E-state index contributed by atoms with van der Waals surface area (Å²) in [5, 5.41) is 10.3. The maximum absolute atomic E-state index is 12.6. The highest BCUT2D eigenvalue weighted by atomic mass is 35.5. The van der Waals surface area contributed by atoms with Crippen molar-refractivity contribution in [3.63, 3.8) is 0 Å². The predicted octanol–water partition coefficient (Wildman–Crippen LogP) is 5.13. The van der Waals surface area contributed by atoms with Crippen molar-refractivity contribution in [1.29, 1.82) is 0 Å². The molecule has 0 spiro atoms. The lowest BCUT2D eigenvalue weighted by Crippen LogP contribution is -2.45. The number of urea groups is 1. The van der Waals surface area contributed by atoms with Crippen LogP contribution in [0.15, 0.2) is 58.8 Å². The zero-order valence-electron chi connectivity index (χ0n) is 24.2. The van der Waals surface area contributed by atoms with Crippen molar-refractivity contribution in [2.75, 3.05) is 20.3 Å². The number of nitrogens with zero attached hydrogens (tertiary/aromatic N) is 2. The van der Waals surface area contributed by atoms with Crippen LogP contribution >= 0.6 is 23.2 Å². The summed E-state index contributed by atoms with van der Waals surface area (Å²) >= 11 is 12.2. The summed E-state index contributed by atoms with van der Waals surface area (Å²) in [5.41, 5.74) is 7.19. The van der Waals surface area contributed by atoms with Gasteiger partial charge in [-0.15, -0.1) is 0 Å². The van der Waals surface area contributed by atoms with Crippen molar-refractivity contribution in [2.45, 2.75) is 33.7 Å². The predicted molar refractivity (Wildman–Crippen MR) is 163 cm³/mol. The number of aryl methyl sites for hydroxylation is 1. The molecule has 0 saturated heterocycles. The highest BCUT2D eigenvalue weighted by Crippen LogP contribution is 2.34. The zero-order valence-corrected chi connectivity index (χ0v) is 25.7. The van der Waals surface area contributed by atoms with Gasteiger partial charge in [-0.05, 0) is 69.7 Å². The Bertz CT molecular complexity index is 1630. The fourth-order valence-corrected chi connectivity index (χ4v) is 4.99. The number of hydrogen-bond acceptors (Lipinski definition) is 7. The van der Waals surface area contributed by atoms with Crippen molar-refractivity contribution in [2.24, 2.45) is 5.10 Å². The lowest BCUT2D eigenvalue weighted by atomic mass is 9.95. The normalized spacial score (nSPS) is 14.8. The van der Waals surface area contributed by atoms with Crippen molar-refractivity contribution >= 4 is 47.3 Å². The summed E-state index contributed by atoms with van der Waals surface area (Å²) in [6, 6.07) is 11.0. The van der Waals surface area contributed by atoms with Gasteiger partial charge in [0, 0.05) is 28.3 Å². The summed E-state index contributed by atoms with van der Waals surface area (Å²) in [5.74, 6) is -0.453. The molecule has 3 N–H and O–H groups in total. The number of esters is 1. The number of carbonyl (C=O) groups is 3. The van der Waals surface area contributed by atoms with E-state index in [2.05, 4.69) is 21.2 Å². The molecule has 226 valence electrons. The van der Waals surface area contributed by atoms with Crippen molar-refractivity contribution in [3.8, 4) is 17.2 Å². The van der Waals surface area contributed by atoms with Gasteiger partial charge in [0.05, 0.1) is 41.6 Å². The minimum atomic E-state index is -0.771. The average Bonchev–Trinajstić information content (AvgIpc) is 3.25. The number of amides is 3. The Morgan fingerprint density at radius 2 is 1.84 bits per heavy atom. The summed E-state index contributed by atoms with van der Waals surface area (Å²) in [6.07, 6.45) is 1.55. The second kappa shape index (κ2) is 13.7. The number of carbonyl (C=O) groups excluding carboxylic acids is 3. The molecule has 43 heavy (non-hydrogen) atoms. The van der Waals surface area contributed by atoms with E-state index in [1.165, 1.54) is 7.11 Å². The van der Waals surface area contributed by atoms with Gasteiger partial charge in [-0.2, -0.15) is 5.10 Å². The Labute approximate surface area is 258 Å². The Kier molecular flexibility index (Phi) is 9.99. The molecule has 1 atom stereocenters. The van der Waals surface area contributed by atoms with Gasteiger partial charge in [-0.25, -0.2) is 15.0 Å². The first-order valence-electron chi connectivity index (χ1n) is 13.3. The van der Waals surface area contributed by atoms with E-state index < -0.39 is 23.9 Å². The summed E-state index contributed by atoms with van der Waals surface area (Å²) in [6.45, 7) is 7.05. The van der Waals surface area contributed by atoms with E-state index in [1.54, 1.807) is 50.4 Å². The molecule has 0 radical (unpaired) electrons. The molecule has 2 aromatic carbocycles. The van der Waals surface area contributed by atoms with Crippen molar-refractivity contribution in [1.82, 2.24) is 20.6 Å². The van der Waals surface area contributed by atoms with Crippen LogP contribution in [0.5, 0.6) is 11.5 Å². The van der Waals surface area contributed by atoms with E-state index in [0.717, 1.165) is 22.6 Å². The first-order valence-corrected chi connectivity index (χ1v) is 14.0. The van der Waals surface area contributed by atoms with E-state index in [1.807, 2.05) is 30.5 Å². The number of aromatic nitrogens is 1. The molecule has 0 saturated carbocycles. The fraction of sp³-hybridized carbons (Fsp3) is 0.267. The molecule has 1 aliphatic rings. The van der Waals surface area contributed by atoms with E-state index in [9.17, 15) is 14.4 Å². The van der Waals surface area contributed by atoms with Crippen LogP contribution < -0.4 is 25.5 Å². The molecule has 3 aromatic rings. The van der Waals surface area contributed by atoms with Gasteiger partial charge < -0.3 is 29.4 Å². The maximum Gasteiger partial charge on any atom is 0.338 e. The van der Waals surface area contributed by atoms with Crippen molar-refractivity contribution < 1.29 is 28.6 Å². The summed E-state index contributed by atoms with van der Waals surface area (Å²) in [7, 11) is 1.44. The van der Waals surface area contributed by atoms with E-state index >= 15 is 0 Å². The minimum absolute atomic E-state index is 0.184. The van der Waals surface area contributed by atoms with Gasteiger partial charge in [0.25, 0.3) is 5.91 Å². The number of ether oxygens (including phenoxy) is 3. The monoisotopic (exact) mass is 627 g/mol. The smallest absolute Gasteiger partial charge is 0.338 e. The average molecular weight is 629 g/mol. The number of benzene rings is 2. The highest BCUT2D eigenvalue weighted by molar-refractivity contribution is 6.42. The molecule has 11 nitrogen and oxygen atoms in total. The molecule has 13 heteroatoms. The molecule has 3 amide bonds. The van der Waals surface area contributed by atoms with Gasteiger partial charge in [0.15, 0.2) is 18.1 Å². The van der Waals surface area contributed by atoms with Gasteiger partial charge >= 0.3 is 12.0 Å². The number of hydrazone groups is 1. The van der Waals surface area contributed by atoms with E-state index in [4.69, 9.17) is 37.4 Å². The Morgan fingerprint density at radius 3 is 2.53 bits per heavy atom. The SMILES string of the molecule is CCOC(=O)C1=C(C)NC(=O)N[C@@H]1c1ccc(OCC(=O)N/N=C\c2cc(C)n(-c3ccc(Cl)c(Cl)c3)c2C)c(OC)c1. The largest absolute Gasteiger partial charge is 0.493 e. The standard InChI is InChI=1S/C30H31Cl2N5O6/c1-6-42-29(39)27-17(3)34-30(40)35-28(27)19-7-10-24(25(12-19)41-5)43-15-26(38)36-33-14-20-11-16(2)37(18(20)4)21-8-9-22(31)23(32)13-21/h7-14,28H,6,15H2,1-5H3,(H,36,38)(H2,34,35,40)/b33-14-/t28-/m1/s1. The number of methoxy groups -OCH3 is 1. The highest BCUT2D eigenvalue weighted by Gasteiger charge is 2.32. The molecule has 2 heterocycles. The molecule has 4 rings (SSSR count). The van der Waals surface area contributed by atoms with Crippen LogP contribution in [-0.2, 0) is 14.3 Å². The quantitative estimate of drug-likeness (QED) is 0.162. The van der Waals surface area contributed by atoms with Crippen LogP contribution in [-0.4, -0.2) is 49.0 Å². The first kappa shape index (κ1) is 31.5. The van der Waals surface area contributed by atoms with Crippen LogP contribution in [0.4, 0.5) is 4.79 Å². The number of halogens is 2. The van der Waals surface area contributed by atoms with Gasteiger partial charge in [0.2, 0.25) is 0 Å². The third-order valence-electron chi connectivity index (χ3n) is 6.67. The minimum Gasteiger partial charge on any atom is -0.493 e. The Hall–Kier alpha value is -4.48. The topological polar surface area (TPSA) is 132 Å². The number of rotatable bonds is 10. The molecule has 0 bridgehead atoms. The molecule has 1 aliphatic heterocycles.